The maximum atomic E-state index is 4.88. The Morgan fingerprint density at radius 2 is 2.00 bits per heavy atom. The fraction of sp³-hybridized carbons (Fsp3) is 1.00. The minimum atomic E-state index is 0.00472. The van der Waals surface area contributed by atoms with E-state index < -0.39 is 0 Å². The van der Waals surface area contributed by atoms with Crippen LogP contribution in [0.1, 0.15) is 19.3 Å². The van der Waals surface area contributed by atoms with E-state index in [4.69, 9.17) is 5.32 Å². The average molecular weight is 225 g/mol. The fourth-order valence-corrected chi connectivity index (χ4v) is 3.05. The van der Waals surface area contributed by atoms with Crippen LogP contribution in [0, 0.1) is 0 Å². The maximum Gasteiger partial charge on any atom is 0.143 e. The second-order valence-corrected chi connectivity index (χ2v) is 5.51. The van der Waals surface area contributed by atoms with E-state index >= 15 is 0 Å². The predicted octanol–water partition coefficient (Wildman–Crippen LogP) is 0.236. The van der Waals surface area contributed by atoms with Crippen LogP contribution in [-0.2, 0) is 0 Å². The summed E-state index contributed by atoms with van der Waals surface area (Å²) in [4.78, 5) is 7.22. The van der Waals surface area contributed by atoms with Crippen molar-refractivity contribution in [2.75, 3.05) is 47.8 Å². The Balaban J connectivity index is 2.06. The lowest BCUT2D eigenvalue weighted by molar-refractivity contribution is -0.0359. The van der Waals surface area contributed by atoms with Crippen molar-refractivity contribution in [3.63, 3.8) is 0 Å². The van der Waals surface area contributed by atoms with Crippen LogP contribution in [0.3, 0.4) is 0 Å². The van der Waals surface area contributed by atoms with Crippen molar-refractivity contribution in [1.29, 1.82) is 0 Å². The molecule has 2 saturated heterocycles. The number of rotatable bonds is 3. The zero-order chi connectivity index (χ0) is 11.8. The summed E-state index contributed by atoms with van der Waals surface area (Å²) in [6, 6.07) is 0.702. The van der Waals surface area contributed by atoms with Crippen molar-refractivity contribution in [3.8, 4) is 0 Å². The number of likely N-dealkylation sites (tertiary alicyclic amines) is 1. The van der Waals surface area contributed by atoms with Crippen LogP contribution in [0.2, 0.25) is 0 Å². The Morgan fingerprint density at radius 1 is 1.25 bits per heavy atom. The Kier molecular flexibility index (Phi) is 3.54. The highest BCUT2D eigenvalue weighted by molar-refractivity contribution is 4.95. The molecule has 1 unspecified atom stereocenters. The Labute approximate surface area is 99.6 Å². The lowest BCUT2D eigenvalue weighted by Crippen LogP contribution is -2.61. The van der Waals surface area contributed by atoms with Gasteiger partial charge in [0.2, 0.25) is 0 Å². The second-order valence-electron chi connectivity index (χ2n) is 5.51. The second kappa shape index (κ2) is 4.61. The summed E-state index contributed by atoms with van der Waals surface area (Å²) >= 11 is 0. The lowest BCUT2D eigenvalue weighted by Gasteiger charge is -2.43. The van der Waals surface area contributed by atoms with Crippen LogP contribution in [0.4, 0.5) is 0 Å². The summed E-state index contributed by atoms with van der Waals surface area (Å²) in [6.07, 6.45) is 3.71. The first-order valence-electron chi connectivity index (χ1n) is 6.34. The van der Waals surface area contributed by atoms with Gasteiger partial charge in [0.15, 0.2) is 0 Å². The summed E-state index contributed by atoms with van der Waals surface area (Å²) in [5.41, 5.74) is 0. The molecule has 16 heavy (non-hydrogen) atoms. The molecule has 93 valence electrons. The molecule has 0 aromatic heterocycles. The standard InChI is InChI=1S/C12H25N4/c1-14(2)11-6-9-16(10-11)12(15(3)4)7-5-8-13-12/h11H,5-10H2,1-4H3/t11?,12-/m1/s1. The zero-order valence-corrected chi connectivity index (χ0v) is 11.1. The van der Waals surface area contributed by atoms with E-state index in [-0.39, 0.29) is 5.79 Å². The van der Waals surface area contributed by atoms with Crippen molar-refractivity contribution in [2.24, 2.45) is 0 Å². The van der Waals surface area contributed by atoms with Crippen molar-refractivity contribution >= 4 is 0 Å². The molecule has 2 aliphatic heterocycles. The number of nitrogens with zero attached hydrogens (tertiary/aromatic N) is 4. The predicted molar refractivity (Wildman–Crippen MR) is 66.3 cm³/mol. The molecule has 4 heteroatoms. The summed E-state index contributed by atoms with van der Waals surface area (Å²) in [5, 5.41) is 4.88. The highest BCUT2D eigenvalue weighted by Gasteiger charge is 2.45. The maximum absolute atomic E-state index is 4.88. The largest absolute Gasteiger partial charge is 0.305 e. The fourth-order valence-electron chi connectivity index (χ4n) is 3.05. The van der Waals surface area contributed by atoms with E-state index in [1.54, 1.807) is 0 Å². The highest BCUT2D eigenvalue weighted by Crippen LogP contribution is 2.31. The topological polar surface area (TPSA) is 23.8 Å². The molecular formula is C12H25N4. The van der Waals surface area contributed by atoms with Gasteiger partial charge >= 0.3 is 0 Å². The zero-order valence-electron chi connectivity index (χ0n) is 11.1. The van der Waals surface area contributed by atoms with Gasteiger partial charge in [-0.05, 0) is 47.5 Å². The van der Waals surface area contributed by atoms with E-state index in [1.807, 2.05) is 0 Å². The molecule has 0 saturated carbocycles. The van der Waals surface area contributed by atoms with Gasteiger partial charge in [0.05, 0.1) is 0 Å². The Morgan fingerprint density at radius 3 is 2.44 bits per heavy atom. The SMILES string of the molecule is CN(C)C1CCN([C@]2(N(C)C)CCC[N]2)C1. The Bertz CT molecular complexity index is 233. The molecule has 1 radical (unpaired) electrons. The van der Waals surface area contributed by atoms with Crippen molar-refractivity contribution in [3.05, 3.63) is 0 Å². The summed E-state index contributed by atoms with van der Waals surface area (Å²) in [6.45, 7) is 3.38. The van der Waals surface area contributed by atoms with Crippen molar-refractivity contribution < 1.29 is 0 Å². The molecule has 0 aromatic carbocycles. The monoisotopic (exact) mass is 225 g/mol. The third-order valence-corrected chi connectivity index (χ3v) is 4.15. The molecule has 2 fully saturated rings. The highest BCUT2D eigenvalue weighted by atomic mass is 15.5. The van der Waals surface area contributed by atoms with Crippen LogP contribution in [0.15, 0.2) is 0 Å². The molecule has 2 heterocycles. The quantitative estimate of drug-likeness (QED) is 0.687. The van der Waals surface area contributed by atoms with Gasteiger partial charge in [0, 0.05) is 25.7 Å². The van der Waals surface area contributed by atoms with Gasteiger partial charge in [-0.15, -0.1) is 0 Å². The average Bonchev–Trinajstić information content (AvgIpc) is 2.87. The number of hydrogen-bond donors (Lipinski definition) is 0. The van der Waals surface area contributed by atoms with Crippen molar-refractivity contribution in [1.82, 2.24) is 20.0 Å². The number of hydrogen-bond acceptors (Lipinski definition) is 3. The van der Waals surface area contributed by atoms with E-state index in [2.05, 4.69) is 42.9 Å². The molecule has 0 aromatic rings. The van der Waals surface area contributed by atoms with Crippen LogP contribution < -0.4 is 5.32 Å². The van der Waals surface area contributed by atoms with Gasteiger partial charge in [0.1, 0.15) is 5.79 Å². The third-order valence-electron chi connectivity index (χ3n) is 4.15. The molecule has 0 aliphatic carbocycles. The molecular weight excluding hydrogens is 200 g/mol. The van der Waals surface area contributed by atoms with Crippen LogP contribution in [0.5, 0.6) is 0 Å². The Hall–Kier alpha value is -0.160. The number of likely N-dealkylation sites (N-methyl/N-ethyl adjacent to an activating group) is 1. The first-order chi connectivity index (χ1) is 7.56. The van der Waals surface area contributed by atoms with Gasteiger partial charge in [-0.2, -0.15) is 0 Å². The minimum absolute atomic E-state index is 0.00472. The van der Waals surface area contributed by atoms with E-state index in [0.29, 0.717) is 6.04 Å². The van der Waals surface area contributed by atoms with Crippen LogP contribution >= 0.6 is 0 Å². The van der Waals surface area contributed by atoms with Gasteiger partial charge in [0.25, 0.3) is 0 Å². The molecule has 0 spiro atoms. The minimum Gasteiger partial charge on any atom is -0.305 e. The van der Waals surface area contributed by atoms with Gasteiger partial charge in [-0.1, -0.05) is 0 Å². The lowest BCUT2D eigenvalue weighted by atomic mass is 10.2. The van der Waals surface area contributed by atoms with Crippen LogP contribution in [-0.4, -0.2) is 74.4 Å². The smallest absolute Gasteiger partial charge is 0.143 e. The van der Waals surface area contributed by atoms with Gasteiger partial charge in [-0.3, -0.25) is 9.80 Å². The molecule has 0 bridgehead atoms. The van der Waals surface area contributed by atoms with E-state index in [1.165, 1.54) is 25.8 Å². The van der Waals surface area contributed by atoms with Crippen molar-refractivity contribution in [2.45, 2.75) is 31.1 Å². The first kappa shape index (κ1) is 12.3. The molecule has 2 rings (SSSR count). The normalized spacial score (nSPS) is 36.8. The first-order valence-corrected chi connectivity index (χ1v) is 6.34. The summed E-state index contributed by atoms with van der Waals surface area (Å²) in [5.74, 6) is 0.00472. The molecule has 4 nitrogen and oxygen atoms in total. The summed E-state index contributed by atoms with van der Waals surface area (Å²) in [7, 11) is 8.69. The molecule has 2 atom stereocenters. The van der Waals surface area contributed by atoms with Crippen LogP contribution in [0.25, 0.3) is 0 Å². The molecule has 0 N–H and O–H groups in total. The van der Waals surface area contributed by atoms with E-state index in [9.17, 15) is 0 Å². The molecule has 0 amide bonds. The third kappa shape index (κ3) is 1.99. The molecule has 2 aliphatic rings. The van der Waals surface area contributed by atoms with Gasteiger partial charge in [-0.25, -0.2) is 5.32 Å². The summed E-state index contributed by atoms with van der Waals surface area (Å²) < 4.78 is 0. The van der Waals surface area contributed by atoms with E-state index in [0.717, 1.165) is 13.1 Å². The van der Waals surface area contributed by atoms with Gasteiger partial charge < -0.3 is 4.90 Å².